The van der Waals surface area contributed by atoms with Crippen molar-refractivity contribution in [3.63, 3.8) is 0 Å². The number of pyridine rings is 1. The second kappa shape index (κ2) is 5.54. The number of fused-ring (bicyclic) bond motifs is 1. The Morgan fingerprint density at radius 2 is 2.30 bits per heavy atom. The van der Waals surface area contributed by atoms with Crippen LogP contribution in [0.25, 0.3) is 0 Å². The van der Waals surface area contributed by atoms with Crippen LogP contribution in [0.4, 0.5) is 0 Å². The van der Waals surface area contributed by atoms with E-state index in [1.807, 2.05) is 12.3 Å². The van der Waals surface area contributed by atoms with E-state index in [-0.39, 0.29) is 6.04 Å². The zero-order valence-corrected chi connectivity index (χ0v) is 13.0. The highest BCUT2D eigenvalue weighted by molar-refractivity contribution is 9.10. The van der Waals surface area contributed by atoms with E-state index in [4.69, 9.17) is 10.5 Å². The van der Waals surface area contributed by atoms with Gasteiger partial charge in [-0.3, -0.25) is 4.98 Å². The van der Waals surface area contributed by atoms with Gasteiger partial charge in [-0.15, -0.1) is 0 Å². The Labute approximate surface area is 127 Å². The van der Waals surface area contributed by atoms with Crippen molar-refractivity contribution in [1.82, 2.24) is 4.98 Å². The first-order valence-corrected chi connectivity index (χ1v) is 7.54. The summed E-state index contributed by atoms with van der Waals surface area (Å²) in [5.41, 5.74) is 11.1. The summed E-state index contributed by atoms with van der Waals surface area (Å²) in [5.74, 6) is 1.02. The van der Waals surface area contributed by atoms with Crippen LogP contribution in [0, 0.1) is 6.92 Å². The summed E-state index contributed by atoms with van der Waals surface area (Å²) in [5, 5.41) is 0. The third-order valence-corrected chi connectivity index (χ3v) is 4.20. The van der Waals surface area contributed by atoms with Gasteiger partial charge in [0.15, 0.2) is 0 Å². The molecule has 2 aromatic rings. The van der Waals surface area contributed by atoms with Crippen LogP contribution < -0.4 is 10.5 Å². The largest absolute Gasteiger partial charge is 0.493 e. The van der Waals surface area contributed by atoms with Crippen molar-refractivity contribution in [2.75, 3.05) is 6.61 Å². The zero-order chi connectivity index (χ0) is 14.1. The standard InChI is InChI=1S/C16H17BrN2O/c1-10-2-4-19-9-14(10)15(18)8-12-7-13(17)6-11-3-5-20-16(11)12/h2,4,6-7,9,15H,3,5,8,18H2,1H3. The van der Waals surface area contributed by atoms with Gasteiger partial charge in [0.1, 0.15) is 5.75 Å². The third kappa shape index (κ3) is 2.58. The molecule has 0 amide bonds. The fourth-order valence-electron chi connectivity index (χ4n) is 2.71. The Bertz CT molecular complexity index is 642. The van der Waals surface area contributed by atoms with Gasteiger partial charge in [-0.25, -0.2) is 0 Å². The number of rotatable bonds is 3. The summed E-state index contributed by atoms with van der Waals surface area (Å²) in [6, 6.07) is 6.17. The van der Waals surface area contributed by atoms with Crippen LogP contribution in [0.2, 0.25) is 0 Å². The second-order valence-corrected chi connectivity index (χ2v) is 6.11. The minimum Gasteiger partial charge on any atom is -0.493 e. The molecule has 2 heterocycles. The van der Waals surface area contributed by atoms with E-state index < -0.39 is 0 Å². The highest BCUT2D eigenvalue weighted by Gasteiger charge is 2.20. The second-order valence-electron chi connectivity index (χ2n) is 5.19. The maximum absolute atomic E-state index is 6.36. The topological polar surface area (TPSA) is 48.1 Å². The summed E-state index contributed by atoms with van der Waals surface area (Å²) < 4.78 is 6.85. The van der Waals surface area contributed by atoms with Crippen LogP contribution in [0.15, 0.2) is 35.1 Å². The molecule has 0 saturated carbocycles. The molecule has 0 saturated heterocycles. The Morgan fingerprint density at radius 3 is 3.10 bits per heavy atom. The molecule has 0 aliphatic carbocycles. The number of aryl methyl sites for hydroxylation is 1. The molecule has 20 heavy (non-hydrogen) atoms. The molecule has 1 unspecified atom stereocenters. The van der Waals surface area contributed by atoms with Crippen molar-refractivity contribution < 1.29 is 4.74 Å². The molecular weight excluding hydrogens is 316 g/mol. The molecule has 1 aromatic carbocycles. The van der Waals surface area contributed by atoms with Crippen LogP contribution in [-0.4, -0.2) is 11.6 Å². The predicted molar refractivity (Wildman–Crippen MR) is 82.9 cm³/mol. The average molecular weight is 333 g/mol. The van der Waals surface area contributed by atoms with E-state index in [1.54, 1.807) is 6.20 Å². The molecule has 1 aliphatic heterocycles. The Kier molecular flexibility index (Phi) is 3.76. The molecule has 0 fully saturated rings. The number of nitrogens with zero attached hydrogens (tertiary/aromatic N) is 1. The average Bonchev–Trinajstić information content (AvgIpc) is 2.87. The van der Waals surface area contributed by atoms with Gasteiger partial charge in [-0.2, -0.15) is 0 Å². The lowest BCUT2D eigenvalue weighted by molar-refractivity contribution is 0.352. The molecule has 2 N–H and O–H groups in total. The molecule has 3 rings (SSSR count). The molecule has 0 bridgehead atoms. The first-order valence-electron chi connectivity index (χ1n) is 6.75. The van der Waals surface area contributed by atoms with E-state index in [2.05, 4.69) is 40.0 Å². The minimum atomic E-state index is -0.0636. The van der Waals surface area contributed by atoms with Crippen molar-refractivity contribution in [3.05, 3.63) is 57.3 Å². The quantitative estimate of drug-likeness (QED) is 0.937. The molecule has 1 aliphatic rings. The van der Waals surface area contributed by atoms with Gasteiger partial charge in [0.25, 0.3) is 0 Å². The fraction of sp³-hybridized carbons (Fsp3) is 0.312. The fourth-order valence-corrected chi connectivity index (χ4v) is 3.26. The van der Waals surface area contributed by atoms with Gasteiger partial charge in [0, 0.05) is 29.3 Å². The van der Waals surface area contributed by atoms with Crippen LogP contribution >= 0.6 is 15.9 Å². The number of ether oxygens (including phenoxy) is 1. The lowest BCUT2D eigenvalue weighted by Gasteiger charge is -2.16. The van der Waals surface area contributed by atoms with Gasteiger partial charge < -0.3 is 10.5 Å². The number of halogens is 1. The number of hydrogen-bond acceptors (Lipinski definition) is 3. The molecule has 4 heteroatoms. The molecule has 3 nitrogen and oxygen atoms in total. The maximum atomic E-state index is 6.36. The Hall–Kier alpha value is -1.39. The highest BCUT2D eigenvalue weighted by Crippen LogP contribution is 2.35. The smallest absolute Gasteiger partial charge is 0.125 e. The van der Waals surface area contributed by atoms with Gasteiger partial charge in [0.2, 0.25) is 0 Å². The Balaban J connectivity index is 1.90. The normalized spacial score (nSPS) is 14.8. The van der Waals surface area contributed by atoms with Gasteiger partial charge in [0.05, 0.1) is 6.61 Å². The minimum absolute atomic E-state index is 0.0636. The summed E-state index contributed by atoms with van der Waals surface area (Å²) in [7, 11) is 0. The van der Waals surface area contributed by atoms with E-state index in [0.29, 0.717) is 0 Å². The summed E-state index contributed by atoms with van der Waals surface area (Å²) >= 11 is 3.57. The molecule has 1 aromatic heterocycles. The van der Waals surface area contributed by atoms with Crippen molar-refractivity contribution >= 4 is 15.9 Å². The molecule has 1 atom stereocenters. The van der Waals surface area contributed by atoms with Crippen molar-refractivity contribution in [1.29, 1.82) is 0 Å². The first kappa shape index (κ1) is 13.6. The first-order chi connectivity index (χ1) is 9.65. The monoisotopic (exact) mass is 332 g/mol. The molecule has 0 radical (unpaired) electrons. The number of nitrogens with two attached hydrogens (primary N) is 1. The summed E-state index contributed by atoms with van der Waals surface area (Å²) in [6.07, 6.45) is 5.39. The van der Waals surface area contributed by atoms with Crippen molar-refractivity contribution in [2.24, 2.45) is 5.73 Å². The third-order valence-electron chi connectivity index (χ3n) is 3.74. The molecule has 0 spiro atoms. The van der Waals surface area contributed by atoms with E-state index in [0.717, 1.165) is 35.2 Å². The SMILES string of the molecule is Cc1ccncc1C(N)Cc1cc(Br)cc2c1OCC2. The van der Waals surface area contributed by atoms with Gasteiger partial charge >= 0.3 is 0 Å². The number of hydrogen-bond donors (Lipinski definition) is 1. The Morgan fingerprint density at radius 1 is 1.45 bits per heavy atom. The molecule has 104 valence electrons. The number of aromatic nitrogens is 1. The number of benzene rings is 1. The van der Waals surface area contributed by atoms with Crippen LogP contribution in [0.3, 0.4) is 0 Å². The maximum Gasteiger partial charge on any atom is 0.125 e. The van der Waals surface area contributed by atoms with E-state index in [9.17, 15) is 0 Å². The van der Waals surface area contributed by atoms with Gasteiger partial charge in [-0.05, 0) is 53.8 Å². The van der Waals surface area contributed by atoms with E-state index >= 15 is 0 Å². The van der Waals surface area contributed by atoms with Crippen molar-refractivity contribution in [2.45, 2.75) is 25.8 Å². The van der Waals surface area contributed by atoms with Crippen LogP contribution in [0.1, 0.15) is 28.3 Å². The summed E-state index contributed by atoms with van der Waals surface area (Å²) in [4.78, 5) is 4.18. The predicted octanol–water partition coefficient (Wildman–Crippen LogP) is 3.33. The van der Waals surface area contributed by atoms with Crippen molar-refractivity contribution in [3.8, 4) is 5.75 Å². The van der Waals surface area contributed by atoms with E-state index in [1.165, 1.54) is 16.7 Å². The summed E-state index contributed by atoms with van der Waals surface area (Å²) in [6.45, 7) is 2.83. The van der Waals surface area contributed by atoms with Crippen LogP contribution in [-0.2, 0) is 12.8 Å². The highest BCUT2D eigenvalue weighted by atomic mass is 79.9. The lowest BCUT2D eigenvalue weighted by atomic mass is 9.96. The molecular formula is C16H17BrN2O. The lowest BCUT2D eigenvalue weighted by Crippen LogP contribution is -2.15. The van der Waals surface area contributed by atoms with Crippen LogP contribution in [0.5, 0.6) is 5.75 Å². The van der Waals surface area contributed by atoms with Gasteiger partial charge in [-0.1, -0.05) is 15.9 Å². The zero-order valence-electron chi connectivity index (χ0n) is 11.4.